The van der Waals surface area contributed by atoms with Crippen molar-refractivity contribution < 1.29 is 53.4 Å². The molecule has 2 aliphatic heterocycles. The highest BCUT2D eigenvalue weighted by Gasteiger charge is 2.72. The highest BCUT2D eigenvalue weighted by atomic mass is 16.6. The number of benzene rings is 1. The molecule has 2 bridgehead atoms. The van der Waals surface area contributed by atoms with Crippen molar-refractivity contribution in [1.29, 1.82) is 0 Å². The first-order valence-corrected chi connectivity index (χ1v) is 12.6. The second kappa shape index (κ2) is 9.81. The molecule has 2 aliphatic carbocycles. The summed E-state index contributed by atoms with van der Waals surface area (Å²) in [5.41, 5.74) is 4.75. The fourth-order valence-electron chi connectivity index (χ4n) is 6.50. The van der Waals surface area contributed by atoms with Crippen LogP contribution in [0.25, 0.3) is 0 Å². The summed E-state index contributed by atoms with van der Waals surface area (Å²) >= 11 is 0. The summed E-state index contributed by atoms with van der Waals surface area (Å²) in [6.07, 6.45) is -0.936. The van der Waals surface area contributed by atoms with E-state index in [2.05, 4.69) is 9.64 Å². The normalized spacial score (nSPS) is 28.8. The van der Waals surface area contributed by atoms with Crippen LogP contribution >= 0.6 is 0 Å². The number of carbonyl (C=O) groups is 4. The van der Waals surface area contributed by atoms with E-state index >= 15 is 0 Å². The van der Waals surface area contributed by atoms with Gasteiger partial charge in [-0.15, -0.1) is 0 Å². The number of hydrogen-bond acceptors (Lipinski definition) is 12. The minimum absolute atomic E-state index is 0.0668. The molecule has 1 fully saturated rings. The van der Waals surface area contributed by atoms with Crippen LogP contribution in [-0.2, 0) is 45.2 Å². The van der Waals surface area contributed by atoms with Crippen LogP contribution in [0.2, 0.25) is 0 Å². The standard InChI is InChI=1S/C26H30N2O11/c1-28-9-7-25-21-13-2-3-14(29)22(21)39-23(25)15(4-6-26(25,35)17(28)10-13)37-20(33)11-16(38-19(32)5-8-27)24(34)36-12-18(30)31/h2-4,16-17,23,29,35H,5-12,27H2,1H3,(H,30,31)/t16-,17+,23-,25-,26+/m0/s1. The highest BCUT2D eigenvalue weighted by Crippen LogP contribution is 2.65. The Kier molecular flexibility index (Phi) is 6.77. The molecule has 5 rings (SSSR count). The largest absolute Gasteiger partial charge is 0.504 e. The first-order chi connectivity index (χ1) is 18.5. The van der Waals surface area contributed by atoms with Gasteiger partial charge in [0.15, 0.2) is 24.2 Å². The zero-order chi connectivity index (χ0) is 28.1. The van der Waals surface area contributed by atoms with Crippen molar-refractivity contribution in [2.75, 3.05) is 26.7 Å². The van der Waals surface area contributed by atoms with Gasteiger partial charge in [-0.2, -0.15) is 0 Å². The number of rotatable bonds is 9. The third-order valence-corrected chi connectivity index (χ3v) is 8.16. The minimum atomic E-state index is -1.75. The number of hydrogen-bond donors (Lipinski definition) is 4. The number of carboxylic acid groups (broad SMARTS) is 1. The number of phenolic OH excluding ortho intramolecular Hbond substituents is 1. The third-order valence-electron chi connectivity index (χ3n) is 8.16. The Morgan fingerprint density at radius 3 is 2.74 bits per heavy atom. The van der Waals surface area contributed by atoms with Crippen LogP contribution in [0, 0.1) is 0 Å². The lowest BCUT2D eigenvalue weighted by molar-refractivity contribution is -0.176. The molecule has 0 aromatic heterocycles. The monoisotopic (exact) mass is 546 g/mol. The lowest BCUT2D eigenvalue weighted by Gasteiger charge is -2.61. The highest BCUT2D eigenvalue weighted by molar-refractivity contribution is 5.86. The van der Waals surface area contributed by atoms with Crippen LogP contribution in [0.4, 0.5) is 0 Å². The van der Waals surface area contributed by atoms with Gasteiger partial charge in [0.25, 0.3) is 0 Å². The Hall–Kier alpha value is -3.68. The van der Waals surface area contributed by atoms with Gasteiger partial charge in [0.1, 0.15) is 5.76 Å². The van der Waals surface area contributed by atoms with E-state index in [-0.39, 0.29) is 42.7 Å². The number of nitrogens with zero attached hydrogens (tertiary/aromatic N) is 1. The maximum Gasteiger partial charge on any atom is 0.348 e. The number of esters is 3. The van der Waals surface area contributed by atoms with Crippen molar-refractivity contribution in [1.82, 2.24) is 4.90 Å². The Labute approximate surface area is 223 Å². The average Bonchev–Trinajstić information content (AvgIpc) is 3.24. The van der Waals surface area contributed by atoms with Gasteiger partial charge in [-0.3, -0.25) is 9.59 Å². The van der Waals surface area contributed by atoms with E-state index in [9.17, 15) is 29.4 Å². The van der Waals surface area contributed by atoms with Crippen LogP contribution in [0.15, 0.2) is 24.0 Å². The molecule has 4 aliphatic rings. The SMILES string of the molecule is CN1CC[C@]23c4c5ccc(O)c4O[C@H]2C(OC(=O)C[C@H](OC(=O)CCN)C(=O)OCC(=O)O)=CC[C@@]3(O)[C@H]1C5. The van der Waals surface area contributed by atoms with E-state index in [1.54, 1.807) is 12.1 Å². The Morgan fingerprint density at radius 1 is 1.26 bits per heavy atom. The van der Waals surface area contributed by atoms with E-state index in [4.69, 9.17) is 25.1 Å². The molecule has 0 amide bonds. The second-order valence-electron chi connectivity index (χ2n) is 10.3. The Bertz CT molecular complexity index is 1260. The van der Waals surface area contributed by atoms with Crippen molar-refractivity contribution in [3.8, 4) is 11.5 Å². The molecule has 5 N–H and O–H groups in total. The Morgan fingerprint density at radius 2 is 2.03 bits per heavy atom. The molecule has 1 spiro atoms. The molecular weight excluding hydrogens is 516 g/mol. The molecule has 13 heteroatoms. The smallest absolute Gasteiger partial charge is 0.348 e. The predicted molar refractivity (Wildman–Crippen MR) is 129 cm³/mol. The number of ether oxygens (including phenoxy) is 4. The fourth-order valence-corrected chi connectivity index (χ4v) is 6.50. The van der Waals surface area contributed by atoms with Gasteiger partial charge in [-0.05, 0) is 44.1 Å². The summed E-state index contributed by atoms with van der Waals surface area (Å²) in [4.78, 5) is 50.3. The van der Waals surface area contributed by atoms with Crippen molar-refractivity contribution in [3.05, 3.63) is 35.1 Å². The van der Waals surface area contributed by atoms with Gasteiger partial charge < -0.3 is 44.9 Å². The molecule has 1 aromatic rings. The summed E-state index contributed by atoms with van der Waals surface area (Å²) in [6.45, 7) is -0.416. The fraction of sp³-hybridized carbons (Fsp3) is 0.538. The van der Waals surface area contributed by atoms with Gasteiger partial charge in [0, 0.05) is 24.6 Å². The summed E-state index contributed by atoms with van der Waals surface area (Å²) < 4.78 is 21.5. The summed E-state index contributed by atoms with van der Waals surface area (Å²) in [5.74, 6) is -4.24. The molecule has 39 heavy (non-hydrogen) atoms. The number of phenols is 1. The average molecular weight is 547 g/mol. The van der Waals surface area contributed by atoms with E-state index in [0.717, 1.165) is 5.56 Å². The summed E-state index contributed by atoms with van der Waals surface area (Å²) in [6, 6.07) is 3.13. The molecule has 2 heterocycles. The number of aromatic hydroxyl groups is 1. The number of likely N-dealkylation sites (N-methyl/N-ethyl adjacent to an activating group) is 1. The number of carboxylic acids is 1. The molecule has 1 aromatic carbocycles. The van der Waals surface area contributed by atoms with Crippen LogP contribution in [0.5, 0.6) is 11.5 Å². The van der Waals surface area contributed by atoms with E-state index in [0.29, 0.717) is 24.9 Å². The lowest BCUT2D eigenvalue weighted by atomic mass is 9.50. The molecule has 210 valence electrons. The maximum absolute atomic E-state index is 13.0. The molecule has 13 nitrogen and oxygen atoms in total. The predicted octanol–water partition coefficient (Wildman–Crippen LogP) is -0.508. The molecule has 5 atom stereocenters. The van der Waals surface area contributed by atoms with Gasteiger partial charge in [0.05, 0.1) is 23.9 Å². The van der Waals surface area contributed by atoms with Gasteiger partial charge in [-0.25, -0.2) is 9.59 Å². The summed E-state index contributed by atoms with van der Waals surface area (Å²) in [5, 5.41) is 31.5. The van der Waals surface area contributed by atoms with Gasteiger partial charge in [0.2, 0.25) is 6.10 Å². The van der Waals surface area contributed by atoms with E-state index in [1.807, 2.05) is 13.1 Å². The number of aliphatic hydroxyl groups is 1. The zero-order valence-electron chi connectivity index (χ0n) is 21.3. The minimum Gasteiger partial charge on any atom is -0.504 e. The van der Waals surface area contributed by atoms with E-state index in [1.165, 1.54) is 0 Å². The topological polar surface area (TPSA) is 195 Å². The van der Waals surface area contributed by atoms with E-state index < -0.39 is 60.1 Å². The number of aliphatic carboxylic acids is 1. The maximum atomic E-state index is 13.0. The Balaban J connectivity index is 1.41. The molecular formula is C26H30N2O11. The van der Waals surface area contributed by atoms with Crippen molar-refractivity contribution in [3.63, 3.8) is 0 Å². The number of nitrogens with two attached hydrogens (primary N) is 1. The van der Waals surface area contributed by atoms with Crippen LogP contribution in [0.3, 0.4) is 0 Å². The number of piperidine rings is 1. The second-order valence-corrected chi connectivity index (χ2v) is 10.3. The third kappa shape index (κ3) is 4.21. The van der Waals surface area contributed by atoms with Crippen LogP contribution in [-0.4, -0.2) is 94.7 Å². The lowest BCUT2D eigenvalue weighted by Crippen LogP contribution is -2.74. The number of carbonyl (C=O) groups excluding carboxylic acids is 3. The van der Waals surface area contributed by atoms with Crippen molar-refractivity contribution >= 4 is 23.9 Å². The zero-order valence-corrected chi connectivity index (χ0v) is 21.3. The molecule has 0 radical (unpaired) electrons. The molecule has 1 saturated heterocycles. The van der Waals surface area contributed by atoms with Crippen LogP contribution < -0.4 is 10.5 Å². The first-order valence-electron chi connectivity index (χ1n) is 12.6. The van der Waals surface area contributed by atoms with Gasteiger partial charge in [-0.1, -0.05) is 6.07 Å². The molecule has 0 saturated carbocycles. The first kappa shape index (κ1) is 26.9. The van der Waals surface area contributed by atoms with Gasteiger partial charge >= 0.3 is 23.9 Å². The quantitative estimate of drug-likeness (QED) is 0.229. The summed E-state index contributed by atoms with van der Waals surface area (Å²) in [7, 11) is 1.95. The molecule has 0 unspecified atom stereocenters. The van der Waals surface area contributed by atoms with Crippen molar-refractivity contribution in [2.45, 2.75) is 61.4 Å². The van der Waals surface area contributed by atoms with Crippen LogP contribution in [0.1, 0.15) is 36.8 Å². The van der Waals surface area contributed by atoms with Crippen molar-refractivity contribution in [2.24, 2.45) is 5.73 Å². The number of likely N-dealkylation sites (tertiary alicyclic amines) is 1.